The summed E-state index contributed by atoms with van der Waals surface area (Å²) in [5, 5.41) is 11.6. The Morgan fingerprint density at radius 3 is 2.64 bits per heavy atom. The molecule has 3 N–H and O–H groups in total. The second-order valence-corrected chi connectivity index (χ2v) is 6.71. The summed E-state index contributed by atoms with van der Waals surface area (Å²) < 4.78 is 5.31. The number of nitrogens with one attached hydrogen (secondary N) is 3. The van der Waals surface area contributed by atoms with Crippen LogP contribution in [-0.4, -0.2) is 16.0 Å². The maximum Gasteiger partial charge on any atom is 0.261 e. The van der Waals surface area contributed by atoms with Crippen molar-refractivity contribution < 1.29 is 9.32 Å². The SMILES string of the molecule is Cc1cc(/C(=C\Nc2ccc3[nH]ccc3c2)C(=O)Nc2ccc(Cl)cc2)on1. The summed E-state index contributed by atoms with van der Waals surface area (Å²) in [6.07, 6.45) is 3.49. The summed E-state index contributed by atoms with van der Waals surface area (Å²) in [7, 11) is 0. The highest BCUT2D eigenvalue weighted by Crippen LogP contribution is 2.22. The predicted molar refractivity (Wildman–Crippen MR) is 111 cm³/mol. The number of carbonyl (C=O) groups excluding carboxylic acids is 1. The lowest BCUT2D eigenvalue weighted by Gasteiger charge is -2.08. The number of amides is 1. The van der Waals surface area contributed by atoms with Crippen LogP contribution in [0, 0.1) is 6.92 Å². The highest BCUT2D eigenvalue weighted by Gasteiger charge is 2.17. The molecule has 2 aromatic heterocycles. The number of aryl methyl sites for hydroxylation is 1. The van der Waals surface area contributed by atoms with Crippen molar-refractivity contribution in [2.75, 3.05) is 10.6 Å². The quantitative estimate of drug-likeness (QED) is 0.407. The Hall–Kier alpha value is -3.51. The van der Waals surface area contributed by atoms with E-state index in [1.54, 1.807) is 43.5 Å². The van der Waals surface area contributed by atoms with Crippen LogP contribution in [-0.2, 0) is 4.79 Å². The zero-order valence-electron chi connectivity index (χ0n) is 15.0. The van der Waals surface area contributed by atoms with Gasteiger partial charge in [0.25, 0.3) is 5.91 Å². The highest BCUT2D eigenvalue weighted by molar-refractivity contribution is 6.30. The fourth-order valence-electron chi connectivity index (χ4n) is 2.77. The van der Waals surface area contributed by atoms with Crippen LogP contribution >= 0.6 is 11.6 Å². The van der Waals surface area contributed by atoms with Crippen molar-refractivity contribution in [3.05, 3.63) is 83.5 Å². The smallest absolute Gasteiger partial charge is 0.261 e. The highest BCUT2D eigenvalue weighted by atomic mass is 35.5. The Balaban J connectivity index is 1.61. The second kappa shape index (κ2) is 7.62. The summed E-state index contributed by atoms with van der Waals surface area (Å²) in [4.78, 5) is 16.0. The van der Waals surface area contributed by atoms with Crippen LogP contribution < -0.4 is 10.6 Å². The Kier molecular flexibility index (Phi) is 4.87. The maximum atomic E-state index is 12.9. The van der Waals surface area contributed by atoms with Crippen molar-refractivity contribution in [1.82, 2.24) is 10.1 Å². The number of nitrogens with zero attached hydrogens (tertiary/aromatic N) is 1. The number of hydrogen-bond acceptors (Lipinski definition) is 4. The molecule has 0 saturated carbocycles. The zero-order valence-corrected chi connectivity index (χ0v) is 15.7. The van der Waals surface area contributed by atoms with E-state index in [0.717, 1.165) is 16.6 Å². The minimum atomic E-state index is -0.325. The standard InChI is InChI=1S/C21H17ClN4O2/c1-13-10-20(28-26-13)18(21(27)25-16-4-2-15(22)3-5-16)12-24-17-6-7-19-14(11-17)8-9-23-19/h2-12,23-24H,1H3,(H,25,27)/b18-12+. The van der Waals surface area contributed by atoms with E-state index >= 15 is 0 Å². The lowest BCUT2D eigenvalue weighted by Crippen LogP contribution is -2.14. The molecule has 0 fully saturated rings. The van der Waals surface area contributed by atoms with Crippen LogP contribution in [0.3, 0.4) is 0 Å². The Morgan fingerprint density at radius 2 is 1.89 bits per heavy atom. The molecular weight excluding hydrogens is 376 g/mol. The van der Waals surface area contributed by atoms with Crippen LogP contribution in [0.25, 0.3) is 16.5 Å². The maximum absolute atomic E-state index is 12.9. The number of hydrogen-bond donors (Lipinski definition) is 3. The van der Waals surface area contributed by atoms with Gasteiger partial charge in [0.1, 0.15) is 5.57 Å². The summed E-state index contributed by atoms with van der Waals surface area (Å²) in [6.45, 7) is 1.80. The predicted octanol–water partition coefficient (Wildman–Crippen LogP) is 5.21. The van der Waals surface area contributed by atoms with Crippen molar-refractivity contribution in [3.8, 4) is 0 Å². The van der Waals surface area contributed by atoms with Gasteiger partial charge in [0, 0.05) is 45.8 Å². The van der Waals surface area contributed by atoms with Crippen LogP contribution in [0.5, 0.6) is 0 Å². The number of rotatable bonds is 5. The van der Waals surface area contributed by atoms with E-state index in [1.807, 2.05) is 30.5 Å². The summed E-state index contributed by atoms with van der Waals surface area (Å²) in [6, 6.07) is 16.5. The van der Waals surface area contributed by atoms with Gasteiger partial charge in [0.15, 0.2) is 5.76 Å². The number of aromatic nitrogens is 2. The number of aromatic amines is 1. The first-order valence-corrected chi connectivity index (χ1v) is 9.01. The van der Waals surface area contributed by atoms with Crippen molar-refractivity contribution in [3.63, 3.8) is 0 Å². The largest absolute Gasteiger partial charge is 0.361 e. The Labute approximate surface area is 166 Å². The molecule has 28 heavy (non-hydrogen) atoms. The van der Waals surface area contributed by atoms with E-state index in [0.29, 0.717) is 27.7 Å². The third kappa shape index (κ3) is 3.92. The molecule has 0 aliphatic heterocycles. The zero-order chi connectivity index (χ0) is 19.5. The van der Waals surface area contributed by atoms with Gasteiger partial charge in [0.05, 0.1) is 5.69 Å². The van der Waals surface area contributed by atoms with E-state index in [2.05, 4.69) is 20.8 Å². The average molecular weight is 393 g/mol. The molecule has 1 amide bonds. The number of carbonyl (C=O) groups is 1. The topological polar surface area (TPSA) is 83.0 Å². The minimum absolute atomic E-state index is 0.324. The monoisotopic (exact) mass is 392 g/mol. The molecule has 2 aromatic carbocycles. The lowest BCUT2D eigenvalue weighted by atomic mass is 10.1. The molecule has 4 aromatic rings. The van der Waals surface area contributed by atoms with Crippen molar-refractivity contribution in [2.45, 2.75) is 6.92 Å². The van der Waals surface area contributed by atoms with Gasteiger partial charge in [0.2, 0.25) is 0 Å². The number of fused-ring (bicyclic) bond motifs is 1. The molecule has 2 heterocycles. The summed E-state index contributed by atoms with van der Waals surface area (Å²) in [5.41, 5.74) is 3.53. The summed E-state index contributed by atoms with van der Waals surface area (Å²) in [5.74, 6) is 0.0490. The summed E-state index contributed by atoms with van der Waals surface area (Å²) >= 11 is 5.90. The molecule has 0 atom stereocenters. The molecule has 0 aliphatic carbocycles. The van der Waals surface area contributed by atoms with Crippen molar-refractivity contribution in [1.29, 1.82) is 0 Å². The first-order valence-electron chi connectivity index (χ1n) is 8.63. The van der Waals surface area contributed by atoms with Crippen LogP contribution in [0.4, 0.5) is 11.4 Å². The molecule has 0 spiro atoms. The molecule has 7 heteroatoms. The molecule has 6 nitrogen and oxygen atoms in total. The van der Waals surface area contributed by atoms with Gasteiger partial charge in [-0.15, -0.1) is 0 Å². The first-order chi connectivity index (χ1) is 13.6. The van der Waals surface area contributed by atoms with Crippen LogP contribution in [0.2, 0.25) is 5.02 Å². The van der Waals surface area contributed by atoms with Gasteiger partial charge >= 0.3 is 0 Å². The molecule has 0 radical (unpaired) electrons. The molecule has 0 aliphatic rings. The Bertz CT molecular complexity index is 1160. The van der Waals surface area contributed by atoms with Gasteiger partial charge in [-0.3, -0.25) is 4.79 Å². The van der Waals surface area contributed by atoms with Gasteiger partial charge in [-0.25, -0.2) is 0 Å². The van der Waals surface area contributed by atoms with Gasteiger partial charge in [-0.1, -0.05) is 16.8 Å². The molecule has 0 unspecified atom stereocenters. The van der Waals surface area contributed by atoms with Crippen molar-refractivity contribution >= 4 is 45.4 Å². The van der Waals surface area contributed by atoms with Crippen molar-refractivity contribution in [2.24, 2.45) is 0 Å². The number of halogens is 1. The second-order valence-electron chi connectivity index (χ2n) is 6.28. The average Bonchev–Trinajstić information content (AvgIpc) is 3.32. The first kappa shape index (κ1) is 17.9. The van der Waals surface area contributed by atoms with Gasteiger partial charge in [-0.05, 0) is 55.5 Å². The minimum Gasteiger partial charge on any atom is -0.361 e. The van der Waals surface area contributed by atoms with Crippen LogP contribution in [0.1, 0.15) is 11.5 Å². The fourth-order valence-corrected chi connectivity index (χ4v) is 2.90. The van der Waals surface area contributed by atoms with Gasteiger partial charge < -0.3 is 20.1 Å². The third-order valence-corrected chi connectivity index (χ3v) is 4.43. The van der Waals surface area contributed by atoms with Crippen LogP contribution in [0.15, 0.2) is 71.5 Å². The molecular formula is C21H17ClN4O2. The third-order valence-electron chi connectivity index (χ3n) is 4.18. The Morgan fingerprint density at radius 1 is 1.11 bits per heavy atom. The normalized spacial score (nSPS) is 11.6. The lowest BCUT2D eigenvalue weighted by molar-refractivity contribution is -0.111. The molecule has 140 valence electrons. The molecule has 0 saturated heterocycles. The van der Waals surface area contributed by atoms with E-state index in [9.17, 15) is 4.79 Å². The number of anilines is 2. The van der Waals surface area contributed by atoms with E-state index in [4.69, 9.17) is 16.1 Å². The van der Waals surface area contributed by atoms with E-state index in [-0.39, 0.29) is 5.91 Å². The van der Waals surface area contributed by atoms with E-state index in [1.165, 1.54) is 0 Å². The number of H-pyrrole nitrogens is 1. The van der Waals surface area contributed by atoms with E-state index < -0.39 is 0 Å². The molecule has 0 bridgehead atoms. The fraction of sp³-hybridized carbons (Fsp3) is 0.0476. The molecule has 4 rings (SSSR count). The number of benzene rings is 2. The van der Waals surface area contributed by atoms with Gasteiger partial charge in [-0.2, -0.15) is 0 Å².